The van der Waals surface area contributed by atoms with Crippen molar-refractivity contribution >= 4 is 75.4 Å². The van der Waals surface area contributed by atoms with Crippen LogP contribution in [0, 0.1) is 11.3 Å². The maximum atomic E-state index is 12.5. The molecule has 0 heterocycles. The van der Waals surface area contributed by atoms with Crippen LogP contribution >= 0.6 is 46.4 Å². The van der Waals surface area contributed by atoms with Gasteiger partial charge in [-0.3, -0.25) is 10.2 Å². The Morgan fingerprint density at radius 1 is 1.03 bits per heavy atom. The molecule has 0 atom stereocenters. The first kappa shape index (κ1) is 22.8. The normalized spacial score (nSPS) is 10.8. The standard InChI is InChI=1S/C18H12Cl4N4O3/c1-2-29-18(28)16(8-23)26-25-15-5-9(3-4-10(15)19)17(27)24-14-7-12(21)11(20)6-13(14)22/h3-7,25H,2H2,1H3,(H,24,27)/b26-16-. The monoisotopic (exact) mass is 472 g/mol. The van der Waals surface area contributed by atoms with E-state index in [1.807, 2.05) is 0 Å². The molecule has 0 aliphatic rings. The summed E-state index contributed by atoms with van der Waals surface area (Å²) in [6, 6.07) is 8.73. The number of nitrogens with zero attached hydrogens (tertiary/aromatic N) is 2. The predicted octanol–water partition coefficient (Wildman–Crippen LogP) is 5.41. The van der Waals surface area contributed by atoms with Crippen LogP contribution in [0.3, 0.4) is 0 Å². The number of esters is 1. The lowest BCUT2D eigenvalue weighted by molar-refractivity contribution is -0.134. The van der Waals surface area contributed by atoms with E-state index in [9.17, 15) is 9.59 Å². The molecule has 0 saturated heterocycles. The third kappa shape index (κ3) is 5.99. The van der Waals surface area contributed by atoms with Crippen molar-refractivity contribution < 1.29 is 14.3 Å². The van der Waals surface area contributed by atoms with Gasteiger partial charge in [0.05, 0.1) is 38.1 Å². The Hall–Kier alpha value is -2.50. The number of rotatable bonds is 6. The van der Waals surface area contributed by atoms with Crippen molar-refractivity contribution in [3.05, 3.63) is 56.0 Å². The average Bonchev–Trinajstić information content (AvgIpc) is 2.68. The minimum Gasteiger partial charge on any atom is -0.461 e. The number of nitriles is 1. The summed E-state index contributed by atoms with van der Waals surface area (Å²) in [5, 5.41) is 16.2. The molecule has 0 saturated carbocycles. The van der Waals surface area contributed by atoms with Crippen LogP contribution in [-0.4, -0.2) is 24.2 Å². The number of nitrogens with one attached hydrogen (secondary N) is 2. The number of amides is 1. The van der Waals surface area contributed by atoms with Crippen LogP contribution in [0.4, 0.5) is 11.4 Å². The molecule has 150 valence electrons. The summed E-state index contributed by atoms with van der Waals surface area (Å²) in [5.41, 5.74) is 2.63. The summed E-state index contributed by atoms with van der Waals surface area (Å²) in [4.78, 5) is 24.1. The van der Waals surface area contributed by atoms with Gasteiger partial charge in [0.15, 0.2) is 0 Å². The van der Waals surface area contributed by atoms with Gasteiger partial charge < -0.3 is 10.1 Å². The van der Waals surface area contributed by atoms with Crippen molar-refractivity contribution in [2.24, 2.45) is 5.10 Å². The summed E-state index contributed by atoms with van der Waals surface area (Å²) in [7, 11) is 0. The van der Waals surface area contributed by atoms with Crippen molar-refractivity contribution in [1.29, 1.82) is 5.26 Å². The second kappa shape index (κ2) is 10.3. The van der Waals surface area contributed by atoms with E-state index in [0.717, 1.165) is 0 Å². The number of halogens is 4. The van der Waals surface area contributed by atoms with Crippen molar-refractivity contribution in [1.82, 2.24) is 0 Å². The van der Waals surface area contributed by atoms with Gasteiger partial charge in [-0.1, -0.05) is 46.4 Å². The van der Waals surface area contributed by atoms with E-state index in [2.05, 4.69) is 15.8 Å². The van der Waals surface area contributed by atoms with Gasteiger partial charge in [-0.15, -0.1) is 0 Å². The van der Waals surface area contributed by atoms with Crippen LogP contribution in [0.1, 0.15) is 17.3 Å². The van der Waals surface area contributed by atoms with E-state index in [4.69, 9.17) is 56.4 Å². The highest BCUT2D eigenvalue weighted by Gasteiger charge is 2.15. The third-order valence-electron chi connectivity index (χ3n) is 3.35. The van der Waals surface area contributed by atoms with E-state index in [1.54, 1.807) is 13.0 Å². The topological polar surface area (TPSA) is 104 Å². The van der Waals surface area contributed by atoms with Gasteiger partial charge >= 0.3 is 5.97 Å². The first-order valence-corrected chi connectivity index (χ1v) is 9.44. The van der Waals surface area contributed by atoms with Crippen molar-refractivity contribution in [3.8, 4) is 6.07 Å². The number of ether oxygens (including phenoxy) is 1. The molecule has 0 aromatic heterocycles. The lowest BCUT2D eigenvalue weighted by Crippen LogP contribution is -2.17. The molecule has 7 nitrogen and oxygen atoms in total. The summed E-state index contributed by atoms with van der Waals surface area (Å²) in [6.45, 7) is 1.69. The molecule has 2 N–H and O–H groups in total. The van der Waals surface area contributed by atoms with Crippen LogP contribution in [-0.2, 0) is 9.53 Å². The minimum absolute atomic E-state index is 0.0905. The van der Waals surface area contributed by atoms with E-state index in [-0.39, 0.29) is 43.6 Å². The number of carbonyl (C=O) groups is 2. The van der Waals surface area contributed by atoms with Gasteiger partial charge in [0.1, 0.15) is 6.07 Å². The van der Waals surface area contributed by atoms with E-state index >= 15 is 0 Å². The molecule has 0 aliphatic heterocycles. The van der Waals surface area contributed by atoms with Crippen molar-refractivity contribution in [2.75, 3.05) is 17.3 Å². The Bertz CT molecular complexity index is 1030. The van der Waals surface area contributed by atoms with Gasteiger partial charge in [0.2, 0.25) is 5.71 Å². The van der Waals surface area contributed by atoms with E-state index in [0.29, 0.717) is 0 Å². The summed E-state index contributed by atoms with van der Waals surface area (Å²) < 4.78 is 4.71. The van der Waals surface area contributed by atoms with Gasteiger partial charge in [0.25, 0.3) is 5.91 Å². The molecule has 29 heavy (non-hydrogen) atoms. The molecule has 0 bridgehead atoms. The number of anilines is 2. The molecule has 0 radical (unpaired) electrons. The van der Waals surface area contributed by atoms with Crippen molar-refractivity contribution in [3.63, 3.8) is 0 Å². The summed E-state index contributed by atoms with van der Waals surface area (Å²) >= 11 is 24.0. The van der Waals surface area contributed by atoms with Gasteiger partial charge in [-0.05, 0) is 37.3 Å². The molecular weight excluding hydrogens is 462 g/mol. The van der Waals surface area contributed by atoms with Crippen LogP contribution in [0.5, 0.6) is 0 Å². The summed E-state index contributed by atoms with van der Waals surface area (Å²) in [5.74, 6) is -1.40. The number of carbonyl (C=O) groups excluding carboxylic acids is 2. The Kier molecular flexibility index (Phi) is 8.11. The number of hydrogen-bond acceptors (Lipinski definition) is 6. The molecule has 0 spiro atoms. The molecule has 0 unspecified atom stereocenters. The Morgan fingerprint density at radius 3 is 2.38 bits per heavy atom. The SMILES string of the molecule is CCOC(=O)/C(C#N)=N\Nc1cc(C(=O)Nc2cc(Cl)c(Cl)cc2Cl)ccc1Cl. The second-order valence-corrected chi connectivity index (χ2v) is 6.93. The fourth-order valence-electron chi connectivity index (χ4n) is 2.00. The molecule has 2 aromatic carbocycles. The molecule has 0 aliphatic carbocycles. The lowest BCUT2D eigenvalue weighted by atomic mass is 10.2. The van der Waals surface area contributed by atoms with Gasteiger partial charge in [-0.2, -0.15) is 10.4 Å². The molecule has 11 heteroatoms. The fourth-order valence-corrected chi connectivity index (χ4v) is 2.75. The van der Waals surface area contributed by atoms with Crippen LogP contribution in [0.15, 0.2) is 35.4 Å². The molecule has 2 aromatic rings. The van der Waals surface area contributed by atoms with Crippen LogP contribution < -0.4 is 10.7 Å². The minimum atomic E-state index is -0.887. The van der Waals surface area contributed by atoms with Crippen molar-refractivity contribution in [2.45, 2.75) is 6.92 Å². The van der Waals surface area contributed by atoms with Crippen LogP contribution in [0.2, 0.25) is 20.1 Å². The Labute approximate surface area is 186 Å². The predicted molar refractivity (Wildman–Crippen MR) is 114 cm³/mol. The van der Waals surface area contributed by atoms with Gasteiger partial charge in [-0.25, -0.2) is 4.79 Å². The zero-order chi connectivity index (χ0) is 21.6. The number of hydrogen-bond donors (Lipinski definition) is 2. The largest absolute Gasteiger partial charge is 0.461 e. The maximum absolute atomic E-state index is 12.5. The first-order chi connectivity index (χ1) is 13.8. The molecule has 2 rings (SSSR count). The summed E-state index contributed by atoms with van der Waals surface area (Å²) in [6.07, 6.45) is 0. The number of benzene rings is 2. The second-order valence-electron chi connectivity index (χ2n) is 5.30. The maximum Gasteiger partial charge on any atom is 0.369 e. The smallest absolute Gasteiger partial charge is 0.369 e. The Morgan fingerprint density at radius 2 is 1.72 bits per heavy atom. The van der Waals surface area contributed by atoms with Gasteiger partial charge in [0, 0.05) is 5.56 Å². The molecular formula is C18H12Cl4N4O3. The molecule has 0 fully saturated rings. The quantitative estimate of drug-likeness (QED) is 0.252. The highest BCUT2D eigenvalue weighted by Crippen LogP contribution is 2.32. The fraction of sp³-hybridized carbons (Fsp3) is 0.111. The van der Waals surface area contributed by atoms with Crippen LogP contribution in [0.25, 0.3) is 0 Å². The zero-order valence-corrected chi connectivity index (χ0v) is 17.7. The zero-order valence-electron chi connectivity index (χ0n) is 14.7. The molecule has 1 amide bonds. The lowest BCUT2D eigenvalue weighted by Gasteiger charge is -2.10. The highest BCUT2D eigenvalue weighted by atomic mass is 35.5. The Balaban J connectivity index is 2.24. The first-order valence-electron chi connectivity index (χ1n) is 7.93. The van der Waals surface area contributed by atoms with E-state index in [1.165, 1.54) is 30.3 Å². The average molecular weight is 474 g/mol. The number of hydrazone groups is 1. The highest BCUT2D eigenvalue weighted by molar-refractivity contribution is 6.44. The van der Waals surface area contributed by atoms with E-state index < -0.39 is 17.6 Å². The third-order valence-corrected chi connectivity index (χ3v) is 4.71.